The minimum absolute atomic E-state index is 0.221. The van der Waals surface area contributed by atoms with Crippen molar-refractivity contribution in [2.45, 2.75) is 12.0 Å². The summed E-state index contributed by atoms with van der Waals surface area (Å²) in [4.78, 5) is 4.17. The highest BCUT2D eigenvalue weighted by molar-refractivity contribution is 6.30. The first-order valence-electron chi connectivity index (χ1n) is 5.22. The van der Waals surface area contributed by atoms with Crippen LogP contribution in [0.25, 0.3) is 0 Å². The monoisotopic (exact) mass is 242 g/mol. The largest absolute Gasteiger partial charge is 0.378 e. The van der Waals surface area contributed by atoms with Crippen LogP contribution in [0.3, 0.4) is 0 Å². The quantitative estimate of drug-likeness (QED) is 0.877. The van der Waals surface area contributed by atoms with Crippen LogP contribution in [0, 0.1) is 0 Å². The van der Waals surface area contributed by atoms with Crippen LogP contribution in [0.4, 0.5) is 5.82 Å². The average molecular weight is 243 g/mol. The Balaban J connectivity index is 1.93. The van der Waals surface area contributed by atoms with E-state index in [4.69, 9.17) is 21.1 Å². The number of rotatable bonds is 4. The predicted octanol–water partition coefficient (Wildman–Crippen LogP) is 1.95. The molecule has 0 aliphatic carbocycles. The number of anilines is 1. The van der Waals surface area contributed by atoms with Gasteiger partial charge in [0.2, 0.25) is 0 Å². The zero-order valence-electron chi connectivity index (χ0n) is 9.20. The molecule has 1 aliphatic rings. The number of hydrogen-bond acceptors (Lipinski definition) is 4. The van der Waals surface area contributed by atoms with Gasteiger partial charge in [0.15, 0.2) is 0 Å². The summed E-state index contributed by atoms with van der Waals surface area (Å²) in [5.74, 6) is 0.799. The molecule has 0 aromatic carbocycles. The van der Waals surface area contributed by atoms with Crippen molar-refractivity contribution in [2.75, 3.05) is 32.2 Å². The highest BCUT2D eigenvalue weighted by atomic mass is 35.5. The summed E-state index contributed by atoms with van der Waals surface area (Å²) in [7, 11) is 1.71. The molecule has 0 radical (unpaired) electrons. The standard InChI is InChI=1S/C11H15ClN2O2/c1-15-11(4-5-16-8-11)7-14-10-3-2-9(12)6-13-10/h2-3,6H,4-5,7-8H2,1H3,(H,13,14). The van der Waals surface area contributed by atoms with E-state index in [0.717, 1.165) is 18.8 Å². The molecule has 1 atom stereocenters. The number of pyridine rings is 1. The highest BCUT2D eigenvalue weighted by Crippen LogP contribution is 2.23. The third kappa shape index (κ3) is 2.64. The van der Waals surface area contributed by atoms with Crippen molar-refractivity contribution >= 4 is 17.4 Å². The van der Waals surface area contributed by atoms with Crippen molar-refractivity contribution in [3.63, 3.8) is 0 Å². The number of nitrogens with one attached hydrogen (secondary N) is 1. The third-order valence-electron chi connectivity index (χ3n) is 2.82. The summed E-state index contributed by atoms with van der Waals surface area (Å²) in [5, 5.41) is 3.87. The molecule has 0 amide bonds. The van der Waals surface area contributed by atoms with Crippen molar-refractivity contribution in [1.82, 2.24) is 4.98 Å². The van der Waals surface area contributed by atoms with Crippen LogP contribution in [-0.2, 0) is 9.47 Å². The van der Waals surface area contributed by atoms with E-state index in [1.54, 1.807) is 13.3 Å². The van der Waals surface area contributed by atoms with E-state index in [1.165, 1.54) is 0 Å². The van der Waals surface area contributed by atoms with E-state index >= 15 is 0 Å². The Morgan fingerprint density at radius 1 is 1.62 bits per heavy atom. The van der Waals surface area contributed by atoms with Crippen molar-refractivity contribution in [3.8, 4) is 0 Å². The Bertz CT molecular complexity index is 336. The Labute approximate surface area is 99.9 Å². The topological polar surface area (TPSA) is 43.4 Å². The molecule has 1 aromatic rings. The van der Waals surface area contributed by atoms with Gasteiger partial charge in [0.05, 0.1) is 11.6 Å². The van der Waals surface area contributed by atoms with Crippen molar-refractivity contribution in [2.24, 2.45) is 0 Å². The summed E-state index contributed by atoms with van der Waals surface area (Å²) < 4.78 is 10.9. The molecule has 5 heteroatoms. The molecule has 0 spiro atoms. The number of methoxy groups -OCH3 is 1. The van der Waals surface area contributed by atoms with Crippen LogP contribution >= 0.6 is 11.6 Å². The van der Waals surface area contributed by atoms with Crippen LogP contribution in [0.5, 0.6) is 0 Å². The number of ether oxygens (including phenoxy) is 2. The molecule has 1 aliphatic heterocycles. The van der Waals surface area contributed by atoms with E-state index in [1.807, 2.05) is 12.1 Å². The van der Waals surface area contributed by atoms with Crippen LogP contribution < -0.4 is 5.32 Å². The van der Waals surface area contributed by atoms with Crippen molar-refractivity contribution in [3.05, 3.63) is 23.4 Å². The molecule has 2 heterocycles. The van der Waals surface area contributed by atoms with Gasteiger partial charge in [-0.2, -0.15) is 0 Å². The van der Waals surface area contributed by atoms with Gasteiger partial charge in [0.25, 0.3) is 0 Å². The first kappa shape index (κ1) is 11.6. The van der Waals surface area contributed by atoms with Crippen LogP contribution in [0.2, 0.25) is 5.02 Å². The Morgan fingerprint density at radius 2 is 2.50 bits per heavy atom. The van der Waals surface area contributed by atoms with Gasteiger partial charge >= 0.3 is 0 Å². The molecule has 16 heavy (non-hydrogen) atoms. The Morgan fingerprint density at radius 3 is 3.06 bits per heavy atom. The summed E-state index contributed by atoms with van der Waals surface area (Å²) in [5.41, 5.74) is -0.221. The predicted molar refractivity (Wildman–Crippen MR) is 62.9 cm³/mol. The van der Waals surface area contributed by atoms with E-state index in [9.17, 15) is 0 Å². The summed E-state index contributed by atoms with van der Waals surface area (Å²) in [6, 6.07) is 3.66. The lowest BCUT2D eigenvalue weighted by atomic mass is 10.0. The molecular formula is C11H15ClN2O2. The Hall–Kier alpha value is -0.840. The number of aromatic nitrogens is 1. The lowest BCUT2D eigenvalue weighted by Gasteiger charge is -2.26. The first-order valence-corrected chi connectivity index (χ1v) is 5.60. The van der Waals surface area contributed by atoms with Gasteiger partial charge in [-0.15, -0.1) is 0 Å². The zero-order valence-corrected chi connectivity index (χ0v) is 9.96. The fraction of sp³-hybridized carbons (Fsp3) is 0.545. The van der Waals surface area contributed by atoms with Crippen LogP contribution in [0.15, 0.2) is 18.3 Å². The van der Waals surface area contributed by atoms with E-state index in [-0.39, 0.29) is 5.60 Å². The van der Waals surface area contributed by atoms with Gasteiger partial charge < -0.3 is 14.8 Å². The van der Waals surface area contributed by atoms with E-state index in [0.29, 0.717) is 18.2 Å². The smallest absolute Gasteiger partial charge is 0.126 e. The second-order valence-electron chi connectivity index (χ2n) is 3.90. The maximum absolute atomic E-state index is 5.76. The minimum atomic E-state index is -0.221. The third-order valence-corrected chi connectivity index (χ3v) is 3.04. The van der Waals surface area contributed by atoms with Crippen molar-refractivity contribution < 1.29 is 9.47 Å². The van der Waals surface area contributed by atoms with E-state index < -0.39 is 0 Å². The Kier molecular flexibility index (Phi) is 3.63. The van der Waals surface area contributed by atoms with Gasteiger partial charge in [-0.1, -0.05) is 11.6 Å². The fourth-order valence-corrected chi connectivity index (χ4v) is 1.80. The molecule has 1 fully saturated rings. The molecule has 1 N–H and O–H groups in total. The number of halogens is 1. The number of hydrogen-bond donors (Lipinski definition) is 1. The van der Waals surface area contributed by atoms with Crippen LogP contribution in [-0.4, -0.2) is 37.5 Å². The lowest BCUT2D eigenvalue weighted by molar-refractivity contribution is -0.00625. The summed E-state index contributed by atoms with van der Waals surface area (Å²) >= 11 is 5.76. The fourth-order valence-electron chi connectivity index (χ4n) is 1.69. The summed E-state index contributed by atoms with van der Waals surface area (Å²) in [6.45, 7) is 2.08. The maximum Gasteiger partial charge on any atom is 0.126 e. The maximum atomic E-state index is 5.76. The van der Waals surface area contributed by atoms with Crippen molar-refractivity contribution in [1.29, 1.82) is 0 Å². The SMILES string of the molecule is COC1(CNc2ccc(Cl)cn2)CCOC1. The molecule has 0 saturated carbocycles. The molecular weight excluding hydrogens is 228 g/mol. The van der Waals surface area contributed by atoms with Gasteiger partial charge in [-0.25, -0.2) is 4.98 Å². The molecule has 0 bridgehead atoms. The molecule has 2 rings (SSSR count). The van der Waals surface area contributed by atoms with Gasteiger partial charge in [-0.3, -0.25) is 0 Å². The first-order chi connectivity index (χ1) is 7.74. The molecule has 1 unspecified atom stereocenters. The molecule has 88 valence electrons. The molecule has 4 nitrogen and oxygen atoms in total. The van der Waals surface area contributed by atoms with Gasteiger partial charge in [-0.05, 0) is 12.1 Å². The van der Waals surface area contributed by atoms with E-state index in [2.05, 4.69) is 10.3 Å². The van der Waals surface area contributed by atoms with Gasteiger partial charge in [0.1, 0.15) is 11.4 Å². The molecule has 1 saturated heterocycles. The van der Waals surface area contributed by atoms with Gasteiger partial charge in [0, 0.05) is 32.9 Å². The zero-order chi connectivity index (χ0) is 11.4. The minimum Gasteiger partial charge on any atom is -0.378 e. The second kappa shape index (κ2) is 4.99. The average Bonchev–Trinajstić information content (AvgIpc) is 2.78. The molecule has 1 aromatic heterocycles. The second-order valence-corrected chi connectivity index (χ2v) is 4.34. The highest BCUT2D eigenvalue weighted by Gasteiger charge is 2.34. The van der Waals surface area contributed by atoms with Crippen LogP contribution in [0.1, 0.15) is 6.42 Å². The summed E-state index contributed by atoms with van der Waals surface area (Å²) in [6.07, 6.45) is 2.53. The lowest BCUT2D eigenvalue weighted by Crippen LogP contribution is -2.39. The number of nitrogens with zero attached hydrogens (tertiary/aromatic N) is 1. The normalized spacial score (nSPS) is 24.6.